The molecule has 1 heterocycles. The number of nitrogens with one attached hydrogen (secondary N) is 1. The van der Waals surface area contributed by atoms with E-state index in [9.17, 15) is 4.79 Å². The van der Waals surface area contributed by atoms with E-state index in [0.717, 1.165) is 5.69 Å². The van der Waals surface area contributed by atoms with Crippen molar-refractivity contribution >= 4 is 5.91 Å². The van der Waals surface area contributed by atoms with Crippen molar-refractivity contribution in [1.29, 1.82) is 0 Å². The van der Waals surface area contributed by atoms with Gasteiger partial charge in [0.25, 0.3) is 5.91 Å². The Morgan fingerprint density at radius 2 is 2.28 bits per heavy atom. The van der Waals surface area contributed by atoms with Crippen LogP contribution in [0.25, 0.3) is 0 Å². The third-order valence-electron chi connectivity index (χ3n) is 3.40. The highest BCUT2D eigenvalue weighted by atomic mass is 16.2. The summed E-state index contributed by atoms with van der Waals surface area (Å²) in [6, 6.07) is 1.88. The number of hydrogen-bond donors (Lipinski definition) is 2. The molecule has 3 N–H and O–H groups in total. The summed E-state index contributed by atoms with van der Waals surface area (Å²) in [5.74, 6) is 0.546. The van der Waals surface area contributed by atoms with Gasteiger partial charge in [-0.3, -0.25) is 9.89 Å². The van der Waals surface area contributed by atoms with E-state index in [1.807, 2.05) is 6.07 Å². The van der Waals surface area contributed by atoms with Crippen LogP contribution in [-0.4, -0.2) is 41.1 Å². The van der Waals surface area contributed by atoms with Crippen molar-refractivity contribution in [2.45, 2.75) is 32.6 Å². The Labute approximate surface area is 108 Å². The zero-order valence-electron chi connectivity index (χ0n) is 11.4. The van der Waals surface area contributed by atoms with Gasteiger partial charge in [0, 0.05) is 25.2 Å². The van der Waals surface area contributed by atoms with E-state index < -0.39 is 0 Å². The second-order valence-corrected chi connectivity index (χ2v) is 6.01. The van der Waals surface area contributed by atoms with Gasteiger partial charge >= 0.3 is 0 Å². The second kappa shape index (κ2) is 4.72. The Bertz CT molecular complexity index is 434. The predicted molar refractivity (Wildman–Crippen MR) is 70.4 cm³/mol. The lowest BCUT2D eigenvalue weighted by Crippen LogP contribution is -2.39. The lowest BCUT2D eigenvalue weighted by molar-refractivity contribution is 0.0734. The highest BCUT2D eigenvalue weighted by Crippen LogP contribution is 2.39. The van der Waals surface area contributed by atoms with E-state index in [2.05, 4.69) is 24.0 Å². The molecule has 1 saturated carbocycles. The zero-order chi connectivity index (χ0) is 13.3. The molecular weight excluding hydrogens is 228 g/mol. The molecule has 1 aromatic rings. The molecular formula is C13H22N4O. The smallest absolute Gasteiger partial charge is 0.274 e. The van der Waals surface area contributed by atoms with Crippen molar-refractivity contribution in [2.75, 3.05) is 20.1 Å². The molecule has 1 fully saturated rings. The van der Waals surface area contributed by atoms with Crippen molar-refractivity contribution in [3.05, 3.63) is 17.5 Å². The number of nitrogens with zero attached hydrogens (tertiary/aromatic N) is 2. The number of aromatic nitrogens is 2. The fourth-order valence-corrected chi connectivity index (χ4v) is 2.02. The molecule has 1 amide bonds. The molecule has 0 unspecified atom stereocenters. The van der Waals surface area contributed by atoms with Crippen molar-refractivity contribution in [3.63, 3.8) is 0 Å². The van der Waals surface area contributed by atoms with Gasteiger partial charge in [-0.15, -0.1) is 0 Å². The Morgan fingerprint density at radius 1 is 1.61 bits per heavy atom. The number of rotatable bonds is 5. The molecule has 0 radical (unpaired) electrons. The van der Waals surface area contributed by atoms with Gasteiger partial charge in [0.05, 0.1) is 0 Å². The molecule has 0 aromatic carbocycles. The van der Waals surface area contributed by atoms with Crippen LogP contribution in [0.4, 0.5) is 0 Å². The molecule has 0 bridgehead atoms. The van der Waals surface area contributed by atoms with Crippen LogP contribution in [-0.2, 0) is 0 Å². The molecule has 5 nitrogen and oxygen atoms in total. The summed E-state index contributed by atoms with van der Waals surface area (Å²) < 4.78 is 0. The molecule has 1 aliphatic carbocycles. The maximum absolute atomic E-state index is 12.2. The summed E-state index contributed by atoms with van der Waals surface area (Å²) in [6.45, 7) is 5.29. The second-order valence-electron chi connectivity index (χ2n) is 6.01. The first-order valence-electron chi connectivity index (χ1n) is 6.44. The van der Waals surface area contributed by atoms with E-state index in [0.29, 0.717) is 24.7 Å². The summed E-state index contributed by atoms with van der Waals surface area (Å²) in [5.41, 5.74) is 7.21. The highest BCUT2D eigenvalue weighted by molar-refractivity contribution is 5.92. The van der Waals surface area contributed by atoms with Gasteiger partial charge in [0.15, 0.2) is 0 Å². The molecule has 0 spiro atoms. The van der Waals surface area contributed by atoms with Gasteiger partial charge in [0.1, 0.15) is 5.69 Å². The molecule has 0 saturated heterocycles. The van der Waals surface area contributed by atoms with Gasteiger partial charge in [-0.2, -0.15) is 5.10 Å². The molecule has 1 aromatic heterocycles. The SMILES string of the molecule is CN(CC(C)(C)CN)C(=O)c1cc(C2CC2)[nH]n1. The molecule has 0 aliphatic heterocycles. The van der Waals surface area contributed by atoms with Gasteiger partial charge in [0.2, 0.25) is 0 Å². The molecule has 1 aliphatic rings. The summed E-state index contributed by atoms with van der Waals surface area (Å²) in [5, 5.41) is 7.06. The van der Waals surface area contributed by atoms with Crippen molar-refractivity contribution in [1.82, 2.24) is 15.1 Å². The molecule has 18 heavy (non-hydrogen) atoms. The summed E-state index contributed by atoms with van der Waals surface area (Å²) in [6.07, 6.45) is 2.40. The minimum absolute atomic E-state index is 0.0420. The Hall–Kier alpha value is -1.36. The Morgan fingerprint density at radius 3 is 2.83 bits per heavy atom. The Balaban J connectivity index is 2.00. The summed E-state index contributed by atoms with van der Waals surface area (Å²) in [7, 11) is 1.80. The third kappa shape index (κ3) is 2.90. The third-order valence-corrected chi connectivity index (χ3v) is 3.40. The zero-order valence-corrected chi connectivity index (χ0v) is 11.4. The van der Waals surface area contributed by atoms with E-state index in [1.165, 1.54) is 12.8 Å². The maximum atomic E-state index is 12.2. The van der Waals surface area contributed by atoms with Crippen LogP contribution in [0.5, 0.6) is 0 Å². The lowest BCUT2D eigenvalue weighted by atomic mass is 9.93. The fourth-order valence-electron chi connectivity index (χ4n) is 2.02. The minimum atomic E-state index is -0.0694. The van der Waals surface area contributed by atoms with E-state index in [4.69, 9.17) is 5.73 Å². The number of amides is 1. The van der Waals surface area contributed by atoms with Gasteiger partial charge in [-0.1, -0.05) is 13.8 Å². The van der Waals surface area contributed by atoms with Crippen LogP contribution in [0, 0.1) is 5.41 Å². The van der Waals surface area contributed by atoms with Gasteiger partial charge in [-0.25, -0.2) is 0 Å². The number of carbonyl (C=O) groups is 1. The summed E-state index contributed by atoms with van der Waals surface area (Å²) >= 11 is 0. The van der Waals surface area contributed by atoms with Crippen LogP contribution in [0.2, 0.25) is 0 Å². The average Bonchev–Trinajstić information content (AvgIpc) is 3.06. The molecule has 100 valence electrons. The quantitative estimate of drug-likeness (QED) is 0.828. The molecule has 5 heteroatoms. The first-order chi connectivity index (χ1) is 8.43. The normalized spacial score (nSPS) is 15.8. The largest absolute Gasteiger partial charge is 0.340 e. The van der Waals surface area contributed by atoms with Crippen LogP contribution < -0.4 is 5.73 Å². The van der Waals surface area contributed by atoms with Crippen molar-refractivity contribution < 1.29 is 4.79 Å². The number of aromatic amines is 1. The number of hydrogen-bond acceptors (Lipinski definition) is 3. The fraction of sp³-hybridized carbons (Fsp3) is 0.692. The molecule has 0 atom stereocenters. The Kier molecular flexibility index (Phi) is 3.43. The molecule has 2 rings (SSSR count). The van der Waals surface area contributed by atoms with Gasteiger partial charge < -0.3 is 10.6 Å². The highest BCUT2D eigenvalue weighted by Gasteiger charge is 2.28. The first kappa shape index (κ1) is 13.1. The topological polar surface area (TPSA) is 75.0 Å². The first-order valence-corrected chi connectivity index (χ1v) is 6.44. The average molecular weight is 250 g/mol. The minimum Gasteiger partial charge on any atom is -0.340 e. The van der Waals surface area contributed by atoms with Crippen molar-refractivity contribution in [3.8, 4) is 0 Å². The summed E-state index contributed by atoms with van der Waals surface area (Å²) in [4.78, 5) is 13.9. The lowest BCUT2D eigenvalue weighted by Gasteiger charge is -2.28. The predicted octanol–water partition coefficient (Wildman–Crippen LogP) is 1.34. The number of nitrogens with two attached hydrogens (primary N) is 1. The number of H-pyrrole nitrogens is 1. The van der Waals surface area contributed by atoms with Gasteiger partial charge in [-0.05, 0) is 30.9 Å². The van der Waals surface area contributed by atoms with Crippen molar-refractivity contribution in [2.24, 2.45) is 11.1 Å². The van der Waals surface area contributed by atoms with E-state index in [-0.39, 0.29) is 11.3 Å². The van der Waals surface area contributed by atoms with E-state index >= 15 is 0 Å². The van der Waals surface area contributed by atoms with Crippen LogP contribution in [0.15, 0.2) is 6.07 Å². The standard InChI is InChI=1S/C13H22N4O/c1-13(2,7-14)8-17(3)12(18)11-6-10(15-16-11)9-4-5-9/h6,9H,4-5,7-8,14H2,1-3H3,(H,15,16). The number of carbonyl (C=O) groups excluding carboxylic acids is 1. The van der Waals surface area contributed by atoms with Crippen LogP contribution in [0.1, 0.15) is 48.8 Å². The van der Waals surface area contributed by atoms with Crippen LogP contribution in [0.3, 0.4) is 0 Å². The monoisotopic (exact) mass is 250 g/mol. The van der Waals surface area contributed by atoms with E-state index in [1.54, 1.807) is 11.9 Å². The maximum Gasteiger partial charge on any atom is 0.274 e. The van der Waals surface area contributed by atoms with Crippen LogP contribution >= 0.6 is 0 Å².